The summed E-state index contributed by atoms with van der Waals surface area (Å²) in [5.74, 6) is -1.76. The van der Waals surface area contributed by atoms with E-state index < -0.39 is 29.6 Å². The second-order valence-corrected chi connectivity index (χ2v) is 9.38. The fourth-order valence-electron chi connectivity index (χ4n) is 4.05. The van der Waals surface area contributed by atoms with Crippen molar-refractivity contribution in [2.45, 2.75) is 44.7 Å². The van der Waals surface area contributed by atoms with Crippen molar-refractivity contribution >= 4 is 56.6 Å². The van der Waals surface area contributed by atoms with Gasteiger partial charge in [-0.3, -0.25) is 14.5 Å². The Morgan fingerprint density at radius 2 is 1.94 bits per heavy atom. The Kier molecular flexibility index (Phi) is 8.36. The van der Waals surface area contributed by atoms with Crippen molar-refractivity contribution in [3.8, 4) is 0 Å². The Morgan fingerprint density at radius 3 is 2.58 bits per heavy atom. The van der Waals surface area contributed by atoms with Crippen LogP contribution in [0.5, 0.6) is 0 Å². The standard InChI is InChI=1S/C23H24BrCl2FN2O2/c1-14-6-2-5-9-19(14)28-23(31)22(16-7-3-4-8-17(16)26)29(21(30)13-25)20-11-10-15(24)12-18(20)27/h3-4,7-8,10-12,14,19,22H,2,5-6,9,13H2,1H3,(H,28,31). The lowest BCUT2D eigenvalue weighted by Gasteiger charge is -2.35. The fourth-order valence-corrected chi connectivity index (χ4v) is 4.75. The molecule has 0 radical (unpaired) electrons. The van der Waals surface area contributed by atoms with Crippen molar-refractivity contribution in [2.24, 2.45) is 5.92 Å². The zero-order valence-electron chi connectivity index (χ0n) is 17.1. The number of halogens is 4. The van der Waals surface area contributed by atoms with Crippen LogP contribution in [0.25, 0.3) is 0 Å². The molecule has 1 saturated carbocycles. The Hall–Kier alpha value is -1.63. The van der Waals surface area contributed by atoms with Crippen LogP contribution < -0.4 is 10.2 Å². The van der Waals surface area contributed by atoms with Crippen molar-refractivity contribution in [3.05, 3.63) is 63.3 Å². The van der Waals surface area contributed by atoms with Crippen LogP contribution in [0.15, 0.2) is 46.9 Å². The van der Waals surface area contributed by atoms with Gasteiger partial charge in [-0.15, -0.1) is 11.6 Å². The Morgan fingerprint density at radius 1 is 1.23 bits per heavy atom. The third-order valence-electron chi connectivity index (χ3n) is 5.70. The molecule has 31 heavy (non-hydrogen) atoms. The largest absolute Gasteiger partial charge is 0.351 e. The summed E-state index contributed by atoms with van der Waals surface area (Å²) in [5.41, 5.74) is 0.372. The van der Waals surface area contributed by atoms with Gasteiger partial charge in [0.05, 0.1) is 5.69 Å². The first kappa shape index (κ1) is 24.0. The number of nitrogens with one attached hydrogen (secondary N) is 1. The van der Waals surface area contributed by atoms with Crippen LogP contribution in [0, 0.1) is 11.7 Å². The van der Waals surface area contributed by atoms with E-state index in [0.29, 0.717) is 21.0 Å². The predicted octanol–water partition coefficient (Wildman–Crippen LogP) is 6.25. The van der Waals surface area contributed by atoms with E-state index in [9.17, 15) is 14.0 Å². The molecule has 0 aliphatic heterocycles. The van der Waals surface area contributed by atoms with Gasteiger partial charge < -0.3 is 5.32 Å². The summed E-state index contributed by atoms with van der Waals surface area (Å²) in [6, 6.07) is 9.89. The molecule has 0 saturated heterocycles. The molecule has 0 spiro atoms. The number of alkyl halides is 1. The van der Waals surface area contributed by atoms with E-state index in [1.54, 1.807) is 30.3 Å². The lowest BCUT2D eigenvalue weighted by atomic mass is 9.85. The highest BCUT2D eigenvalue weighted by Gasteiger charge is 2.36. The third-order valence-corrected chi connectivity index (χ3v) is 6.76. The second-order valence-electron chi connectivity index (χ2n) is 7.79. The summed E-state index contributed by atoms with van der Waals surface area (Å²) >= 11 is 15.5. The zero-order chi connectivity index (χ0) is 22.5. The molecule has 3 unspecified atom stereocenters. The first-order valence-electron chi connectivity index (χ1n) is 10.2. The highest BCUT2D eigenvalue weighted by molar-refractivity contribution is 9.10. The molecule has 166 valence electrons. The molecule has 0 heterocycles. The maximum atomic E-state index is 14.9. The van der Waals surface area contributed by atoms with E-state index in [1.807, 2.05) is 0 Å². The molecule has 1 N–H and O–H groups in total. The van der Waals surface area contributed by atoms with Crippen LogP contribution in [-0.4, -0.2) is 23.7 Å². The van der Waals surface area contributed by atoms with E-state index in [2.05, 4.69) is 28.2 Å². The Labute approximate surface area is 200 Å². The number of amides is 2. The summed E-state index contributed by atoms with van der Waals surface area (Å²) < 4.78 is 15.4. The van der Waals surface area contributed by atoms with Crippen molar-refractivity contribution in [1.82, 2.24) is 5.32 Å². The SMILES string of the molecule is CC1CCCCC1NC(=O)C(c1ccccc1Cl)N(C(=O)CCl)c1ccc(Br)cc1F. The van der Waals surface area contributed by atoms with Crippen LogP contribution in [0.3, 0.4) is 0 Å². The summed E-state index contributed by atoms with van der Waals surface area (Å²) in [5, 5.41) is 3.40. The second kappa shape index (κ2) is 10.8. The average molecular weight is 530 g/mol. The maximum Gasteiger partial charge on any atom is 0.248 e. The number of hydrogen-bond acceptors (Lipinski definition) is 2. The van der Waals surface area contributed by atoms with Crippen LogP contribution in [0.2, 0.25) is 5.02 Å². The van der Waals surface area contributed by atoms with Crippen molar-refractivity contribution in [1.29, 1.82) is 0 Å². The Balaban J connectivity index is 2.09. The van der Waals surface area contributed by atoms with Gasteiger partial charge in [0.25, 0.3) is 0 Å². The minimum atomic E-state index is -1.16. The summed E-state index contributed by atoms with van der Waals surface area (Å²) in [4.78, 5) is 27.6. The number of hydrogen-bond donors (Lipinski definition) is 1. The molecule has 0 aromatic heterocycles. The van der Waals surface area contributed by atoms with Gasteiger partial charge in [0.1, 0.15) is 17.7 Å². The van der Waals surface area contributed by atoms with Crippen LogP contribution in [0.1, 0.15) is 44.2 Å². The van der Waals surface area contributed by atoms with Crippen LogP contribution in [-0.2, 0) is 9.59 Å². The molecule has 0 bridgehead atoms. The molecule has 3 rings (SSSR count). The smallest absolute Gasteiger partial charge is 0.248 e. The molecule has 2 aromatic carbocycles. The molecule has 1 fully saturated rings. The number of carbonyl (C=O) groups is 2. The normalized spacial score (nSPS) is 19.5. The molecular weight excluding hydrogens is 506 g/mol. The van der Waals surface area contributed by atoms with E-state index in [4.69, 9.17) is 23.2 Å². The quantitative estimate of drug-likeness (QED) is 0.449. The minimum Gasteiger partial charge on any atom is -0.351 e. The first-order chi connectivity index (χ1) is 14.8. The first-order valence-corrected chi connectivity index (χ1v) is 11.9. The topological polar surface area (TPSA) is 49.4 Å². The number of carbonyl (C=O) groups excluding carboxylic acids is 2. The number of rotatable bonds is 6. The van der Waals surface area contributed by atoms with E-state index in [0.717, 1.165) is 30.6 Å². The number of anilines is 1. The lowest BCUT2D eigenvalue weighted by Crippen LogP contribution is -2.49. The van der Waals surface area contributed by atoms with Gasteiger partial charge in [0.15, 0.2) is 0 Å². The zero-order valence-corrected chi connectivity index (χ0v) is 20.2. The van der Waals surface area contributed by atoms with Crippen LogP contribution in [0.4, 0.5) is 10.1 Å². The molecule has 1 aliphatic rings. The maximum absolute atomic E-state index is 14.9. The van der Waals surface area contributed by atoms with E-state index in [1.165, 1.54) is 12.1 Å². The highest BCUT2D eigenvalue weighted by Crippen LogP contribution is 2.35. The fraction of sp³-hybridized carbons (Fsp3) is 0.391. The molecule has 4 nitrogen and oxygen atoms in total. The number of nitrogens with zero attached hydrogens (tertiary/aromatic N) is 1. The summed E-state index contributed by atoms with van der Waals surface area (Å²) in [7, 11) is 0. The van der Waals surface area contributed by atoms with Gasteiger partial charge in [-0.2, -0.15) is 0 Å². The summed E-state index contributed by atoms with van der Waals surface area (Å²) in [6.07, 6.45) is 4.03. The highest BCUT2D eigenvalue weighted by atomic mass is 79.9. The molecule has 8 heteroatoms. The summed E-state index contributed by atoms with van der Waals surface area (Å²) in [6.45, 7) is 2.10. The van der Waals surface area contributed by atoms with Gasteiger partial charge in [-0.1, -0.05) is 65.5 Å². The van der Waals surface area contributed by atoms with Crippen molar-refractivity contribution in [3.63, 3.8) is 0 Å². The monoisotopic (exact) mass is 528 g/mol. The van der Waals surface area contributed by atoms with Gasteiger partial charge in [-0.25, -0.2) is 4.39 Å². The minimum absolute atomic E-state index is 0.0195. The van der Waals surface area contributed by atoms with Crippen molar-refractivity contribution in [2.75, 3.05) is 10.8 Å². The Bertz CT molecular complexity index is 959. The lowest BCUT2D eigenvalue weighted by molar-refractivity contribution is -0.126. The molecule has 3 atom stereocenters. The van der Waals surface area contributed by atoms with Gasteiger partial charge >= 0.3 is 0 Å². The molecule has 1 aliphatic carbocycles. The van der Waals surface area contributed by atoms with Crippen LogP contribution >= 0.6 is 39.1 Å². The molecule has 2 aromatic rings. The molecule has 2 amide bonds. The third kappa shape index (κ3) is 5.60. The molecular formula is C23H24BrCl2FN2O2. The predicted molar refractivity (Wildman–Crippen MR) is 126 cm³/mol. The average Bonchev–Trinajstić information content (AvgIpc) is 2.74. The number of benzene rings is 2. The van der Waals surface area contributed by atoms with Crippen molar-refractivity contribution < 1.29 is 14.0 Å². The van der Waals surface area contributed by atoms with E-state index in [-0.39, 0.29) is 11.7 Å². The van der Waals surface area contributed by atoms with Gasteiger partial charge in [-0.05, 0) is 43.0 Å². The van der Waals surface area contributed by atoms with Gasteiger partial charge in [0, 0.05) is 21.1 Å². The van der Waals surface area contributed by atoms with Gasteiger partial charge in [0.2, 0.25) is 11.8 Å². The van der Waals surface area contributed by atoms with E-state index >= 15 is 0 Å².